The highest BCUT2D eigenvalue weighted by atomic mass is 32.2. The van der Waals surface area contributed by atoms with Gasteiger partial charge in [0.1, 0.15) is 22.6 Å². The topological polar surface area (TPSA) is 90.3 Å². The van der Waals surface area contributed by atoms with Gasteiger partial charge in [-0.15, -0.1) is 10.2 Å². The molecular formula is C22H25N5O3S. The minimum atomic E-state index is -0.410. The Morgan fingerprint density at radius 2 is 1.84 bits per heavy atom. The van der Waals surface area contributed by atoms with Crippen LogP contribution in [-0.4, -0.2) is 39.7 Å². The van der Waals surface area contributed by atoms with E-state index in [1.807, 2.05) is 67.1 Å². The first-order chi connectivity index (χ1) is 15.1. The Labute approximate surface area is 185 Å². The molecule has 3 aromatic rings. The summed E-state index contributed by atoms with van der Waals surface area (Å²) in [6, 6.07) is 15.2. The number of benzene rings is 2. The molecule has 0 radical (unpaired) electrons. The predicted octanol–water partition coefficient (Wildman–Crippen LogP) is 3.07. The van der Waals surface area contributed by atoms with E-state index in [4.69, 9.17) is 9.47 Å². The van der Waals surface area contributed by atoms with Crippen LogP contribution in [0, 0.1) is 6.92 Å². The summed E-state index contributed by atoms with van der Waals surface area (Å²) in [7, 11) is 1.63. The van der Waals surface area contributed by atoms with Gasteiger partial charge >= 0.3 is 0 Å². The Bertz CT molecular complexity index is 1040. The van der Waals surface area contributed by atoms with Gasteiger partial charge in [0.05, 0.1) is 19.8 Å². The average molecular weight is 440 g/mol. The van der Waals surface area contributed by atoms with Crippen LogP contribution in [0.3, 0.4) is 0 Å². The maximum Gasteiger partial charge on any atom is 0.236 e. The van der Waals surface area contributed by atoms with E-state index in [1.165, 1.54) is 11.8 Å². The summed E-state index contributed by atoms with van der Waals surface area (Å²) in [5.41, 5.74) is 5.39. The van der Waals surface area contributed by atoms with Crippen molar-refractivity contribution in [3.8, 4) is 11.5 Å². The monoisotopic (exact) mass is 439 g/mol. The zero-order valence-corrected chi connectivity index (χ0v) is 18.5. The SMILES string of the molecule is CCOc1ccc([C@@H]2Nn3c(C)nnc3S[C@H]2C(=O)NCc2ccc(OC)cc2)cc1. The average Bonchev–Trinajstić information content (AvgIpc) is 3.17. The Kier molecular flexibility index (Phi) is 6.31. The van der Waals surface area contributed by atoms with Crippen molar-refractivity contribution in [1.29, 1.82) is 0 Å². The second-order valence-electron chi connectivity index (χ2n) is 7.08. The molecule has 2 N–H and O–H groups in total. The van der Waals surface area contributed by atoms with Crippen LogP contribution in [-0.2, 0) is 11.3 Å². The quantitative estimate of drug-likeness (QED) is 0.585. The third-order valence-electron chi connectivity index (χ3n) is 5.03. The van der Waals surface area contributed by atoms with Gasteiger partial charge < -0.3 is 20.2 Å². The van der Waals surface area contributed by atoms with Crippen LogP contribution in [0.5, 0.6) is 11.5 Å². The first-order valence-corrected chi connectivity index (χ1v) is 11.0. The molecular weight excluding hydrogens is 414 g/mol. The minimum Gasteiger partial charge on any atom is -0.497 e. The van der Waals surface area contributed by atoms with Gasteiger partial charge in [-0.2, -0.15) is 0 Å². The zero-order valence-electron chi connectivity index (χ0n) is 17.7. The van der Waals surface area contributed by atoms with E-state index in [-0.39, 0.29) is 11.9 Å². The molecule has 2 atom stereocenters. The van der Waals surface area contributed by atoms with Gasteiger partial charge in [0.15, 0.2) is 0 Å². The summed E-state index contributed by atoms with van der Waals surface area (Å²) in [6.07, 6.45) is 0. The zero-order chi connectivity index (χ0) is 21.8. The third kappa shape index (κ3) is 4.61. The molecule has 8 nitrogen and oxygen atoms in total. The van der Waals surface area contributed by atoms with Crippen LogP contribution in [0.4, 0.5) is 0 Å². The number of methoxy groups -OCH3 is 1. The largest absolute Gasteiger partial charge is 0.497 e. The van der Waals surface area contributed by atoms with Crippen molar-refractivity contribution in [2.75, 3.05) is 19.1 Å². The number of nitrogens with zero attached hydrogens (tertiary/aromatic N) is 3. The molecule has 0 saturated carbocycles. The molecule has 0 spiro atoms. The number of aromatic nitrogens is 3. The molecule has 1 amide bonds. The van der Waals surface area contributed by atoms with Crippen LogP contribution in [0.1, 0.15) is 29.9 Å². The number of thioether (sulfide) groups is 1. The molecule has 4 rings (SSSR count). The fourth-order valence-corrected chi connectivity index (χ4v) is 4.53. The molecule has 1 aromatic heterocycles. The van der Waals surface area contributed by atoms with Gasteiger partial charge in [0, 0.05) is 6.54 Å². The van der Waals surface area contributed by atoms with Crippen LogP contribution in [0.2, 0.25) is 0 Å². The van der Waals surface area contributed by atoms with Crippen LogP contribution >= 0.6 is 11.8 Å². The maximum absolute atomic E-state index is 13.2. The Morgan fingerprint density at radius 3 is 2.52 bits per heavy atom. The van der Waals surface area contributed by atoms with Crippen molar-refractivity contribution < 1.29 is 14.3 Å². The highest BCUT2D eigenvalue weighted by molar-refractivity contribution is 8.00. The van der Waals surface area contributed by atoms with Crippen molar-refractivity contribution in [3.05, 3.63) is 65.5 Å². The molecule has 0 saturated heterocycles. The molecule has 0 bridgehead atoms. The summed E-state index contributed by atoms with van der Waals surface area (Å²) in [4.78, 5) is 13.2. The molecule has 1 aliphatic heterocycles. The number of hydrogen-bond acceptors (Lipinski definition) is 7. The Morgan fingerprint density at radius 1 is 1.13 bits per heavy atom. The number of hydrogen-bond donors (Lipinski definition) is 2. The van der Waals surface area contributed by atoms with Gasteiger partial charge in [-0.3, -0.25) is 4.79 Å². The van der Waals surface area contributed by atoms with E-state index in [1.54, 1.807) is 7.11 Å². The van der Waals surface area contributed by atoms with Crippen LogP contribution in [0.25, 0.3) is 0 Å². The number of fused-ring (bicyclic) bond motifs is 1. The fourth-order valence-electron chi connectivity index (χ4n) is 3.38. The molecule has 9 heteroatoms. The summed E-state index contributed by atoms with van der Waals surface area (Å²) in [6.45, 7) is 4.87. The van der Waals surface area contributed by atoms with E-state index >= 15 is 0 Å². The van der Waals surface area contributed by atoms with Gasteiger partial charge in [0.2, 0.25) is 11.1 Å². The molecule has 2 heterocycles. The van der Waals surface area contributed by atoms with E-state index in [0.29, 0.717) is 18.3 Å². The predicted molar refractivity (Wildman–Crippen MR) is 119 cm³/mol. The highest BCUT2D eigenvalue weighted by Crippen LogP contribution is 2.37. The van der Waals surface area contributed by atoms with Crippen molar-refractivity contribution in [2.24, 2.45) is 0 Å². The van der Waals surface area contributed by atoms with E-state index < -0.39 is 5.25 Å². The second-order valence-corrected chi connectivity index (χ2v) is 8.19. The molecule has 31 heavy (non-hydrogen) atoms. The summed E-state index contributed by atoms with van der Waals surface area (Å²) >= 11 is 1.41. The van der Waals surface area contributed by atoms with Crippen LogP contribution in [0.15, 0.2) is 53.7 Å². The van der Waals surface area contributed by atoms with Gasteiger partial charge in [-0.1, -0.05) is 36.0 Å². The minimum absolute atomic E-state index is 0.0703. The number of nitrogens with one attached hydrogen (secondary N) is 2. The van der Waals surface area contributed by atoms with Gasteiger partial charge in [-0.25, -0.2) is 4.68 Å². The summed E-state index contributed by atoms with van der Waals surface area (Å²) < 4.78 is 12.6. The molecule has 0 aliphatic carbocycles. The second kappa shape index (κ2) is 9.30. The summed E-state index contributed by atoms with van der Waals surface area (Å²) in [5.74, 6) is 2.26. The Hall–Kier alpha value is -3.20. The highest BCUT2D eigenvalue weighted by Gasteiger charge is 2.37. The normalized spacial score (nSPS) is 17.4. The molecule has 0 unspecified atom stereocenters. The van der Waals surface area contributed by atoms with Crippen molar-refractivity contribution >= 4 is 17.7 Å². The number of amides is 1. The molecule has 1 aliphatic rings. The van der Waals surface area contributed by atoms with E-state index in [2.05, 4.69) is 20.9 Å². The maximum atomic E-state index is 13.2. The van der Waals surface area contributed by atoms with Gasteiger partial charge in [-0.05, 0) is 49.2 Å². The van der Waals surface area contributed by atoms with E-state index in [9.17, 15) is 4.79 Å². The lowest BCUT2D eigenvalue weighted by Crippen LogP contribution is -2.44. The number of aryl methyl sites for hydroxylation is 1. The summed E-state index contributed by atoms with van der Waals surface area (Å²) in [5, 5.41) is 11.6. The molecule has 162 valence electrons. The standard InChI is InChI=1S/C22H25N5O3S/c1-4-30-18-11-7-16(8-12-18)19-20(31-22-25-24-14(2)27(22)26-19)21(28)23-13-15-5-9-17(29-3)10-6-15/h5-12,19-20,26H,4,13H2,1-3H3,(H,23,28)/t19-,20+/m0/s1. The first-order valence-electron chi connectivity index (χ1n) is 10.1. The first kappa shape index (κ1) is 21.0. The number of rotatable bonds is 7. The van der Waals surface area contributed by atoms with E-state index in [0.717, 1.165) is 28.5 Å². The lowest BCUT2D eigenvalue weighted by Gasteiger charge is -2.32. The molecule has 0 fully saturated rings. The fraction of sp³-hybridized carbons (Fsp3) is 0.318. The smallest absolute Gasteiger partial charge is 0.236 e. The van der Waals surface area contributed by atoms with Crippen molar-refractivity contribution in [2.45, 2.75) is 36.8 Å². The third-order valence-corrected chi connectivity index (χ3v) is 6.25. The van der Waals surface area contributed by atoms with Crippen molar-refractivity contribution in [3.63, 3.8) is 0 Å². The Balaban J connectivity index is 1.53. The number of carbonyl (C=O) groups is 1. The van der Waals surface area contributed by atoms with Crippen LogP contribution < -0.4 is 20.2 Å². The van der Waals surface area contributed by atoms with Crippen molar-refractivity contribution in [1.82, 2.24) is 20.2 Å². The molecule has 2 aromatic carbocycles. The number of carbonyl (C=O) groups excluding carboxylic acids is 1. The lowest BCUT2D eigenvalue weighted by atomic mass is 10.0. The van der Waals surface area contributed by atoms with Gasteiger partial charge in [0.25, 0.3) is 0 Å². The lowest BCUT2D eigenvalue weighted by molar-refractivity contribution is -0.121. The number of ether oxygens (including phenoxy) is 2.